The van der Waals surface area contributed by atoms with Crippen molar-refractivity contribution in [2.45, 2.75) is 39.5 Å². The Balaban J connectivity index is 2.23. The van der Waals surface area contributed by atoms with E-state index < -0.39 is 11.6 Å². The van der Waals surface area contributed by atoms with Gasteiger partial charge in [-0.05, 0) is 44.4 Å². The Morgan fingerprint density at radius 3 is 2.22 bits per heavy atom. The molecule has 0 unspecified atom stereocenters. The SMILES string of the molecule is CCN(CC)C(=O)CCCC(=O)NCCc1cc(F)cc(F)c1. The molecule has 0 aliphatic rings. The number of rotatable bonds is 9. The van der Waals surface area contributed by atoms with Crippen LogP contribution in [0.3, 0.4) is 0 Å². The van der Waals surface area contributed by atoms with Crippen LogP contribution < -0.4 is 5.32 Å². The van der Waals surface area contributed by atoms with E-state index in [4.69, 9.17) is 0 Å². The summed E-state index contributed by atoms with van der Waals surface area (Å²) in [6.07, 6.45) is 1.48. The van der Waals surface area contributed by atoms with Crippen LogP contribution in [0.4, 0.5) is 8.78 Å². The Kier molecular flexibility index (Phi) is 8.22. The molecule has 0 aliphatic carbocycles. The van der Waals surface area contributed by atoms with Crippen LogP contribution in [0.2, 0.25) is 0 Å². The van der Waals surface area contributed by atoms with E-state index in [-0.39, 0.29) is 18.2 Å². The zero-order valence-corrected chi connectivity index (χ0v) is 13.7. The maximum atomic E-state index is 13.0. The first-order chi connectivity index (χ1) is 11.0. The Hall–Kier alpha value is -1.98. The van der Waals surface area contributed by atoms with Gasteiger partial charge in [0.05, 0.1) is 0 Å². The van der Waals surface area contributed by atoms with Crippen molar-refractivity contribution in [1.82, 2.24) is 10.2 Å². The maximum Gasteiger partial charge on any atom is 0.222 e. The molecule has 0 radical (unpaired) electrons. The van der Waals surface area contributed by atoms with Gasteiger partial charge in [-0.15, -0.1) is 0 Å². The number of benzene rings is 1. The van der Waals surface area contributed by atoms with Gasteiger partial charge in [-0.3, -0.25) is 9.59 Å². The Labute approximate surface area is 135 Å². The molecule has 2 amide bonds. The van der Waals surface area contributed by atoms with Crippen LogP contribution >= 0.6 is 0 Å². The van der Waals surface area contributed by atoms with Crippen molar-refractivity contribution in [2.24, 2.45) is 0 Å². The van der Waals surface area contributed by atoms with Crippen LogP contribution in [0.1, 0.15) is 38.7 Å². The average molecular weight is 326 g/mol. The molecule has 0 atom stereocenters. The Morgan fingerprint density at radius 1 is 1.04 bits per heavy atom. The number of hydrogen-bond donors (Lipinski definition) is 1. The van der Waals surface area contributed by atoms with E-state index in [2.05, 4.69) is 5.32 Å². The zero-order valence-electron chi connectivity index (χ0n) is 13.7. The van der Waals surface area contributed by atoms with E-state index in [9.17, 15) is 18.4 Å². The highest BCUT2D eigenvalue weighted by Crippen LogP contribution is 2.08. The second kappa shape index (κ2) is 9.92. The summed E-state index contributed by atoms with van der Waals surface area (Å²) in [5.74, 6) is -1.35. The molecule has 1 aromatic carbocycles. The van der Waals surface area contributed by atoms with Gasteiger partial charge >= 0.3 is 0 Å². The normalized spacial score (nSPS) is 10.4. The second-order valence-corrected chi connectivity index (χ2v) is 5.30. The van der Waals surface area contributed by atoms with E-state index in [1.807, 2.05) is 13.8 Å². The fourth-order valence-corrected chi connectivity index (χ4v) is 2.32. The number of carbonyl (C=O) groups excluding carboxylic acids is 2. The molecule has 0 heterocycles. The van der Waals surface area contributed by atoms with Crippen molar-refractivity contribution in [3.8, 4) is 0 Å². The lowest BCUT2D eigenvalue weighted by Crippen LogP contribution is -2.31. The number of amides is 2. The van der Waals surface area contributed by atoms with Gasteiger partial charge in [-0.2, -0.15) is 0 Å². The van der Waals surface area contributed by atoms with Crippen molar-refractivity contribution in [2.75, 3.05) is 19.6 Å². The number of nitrogens with one attached hydrogen (secondary N) is 1. The number of halogens is 2. The van der Waals surface area contributed by atoms with Crippen LogP contribution in [-0.2, 0) is 16.0 Å². The zero-order chi connectivity index (χ0) is 17.2. The molecule has 0 saturated carbocycles. The lowest BCUT2D eigenvalue weighted by Gasteiger charge is -2.18. The fraction of sp³-hybridized carbons (Fsp3) is 0.529. The summed E-state index contributed by atoms with van der Waals surface area (Å²) in [6, 6.07) is 3.31. The largest absolute Gasteiger partial charge is 0.356 e. The third-order valence-corrected chi connectivity index (χ3v) is 3.57. The Morgan fingerprint density at radius 2 is 1.65 bits per heavy atom. The fourth-order valence-electron chi connectivity index (χ4n) is 2.32. The van der Waals surface area contributed by atoms with Crippen molar-refractivity contribution in [1.29, 1.82) is 0 Å². The van der Waals surface area contributed by atoms with Gasteiger partial charge in [0.1, 0.15) is 11.6 Å². The molecule has 0 bridgehead atoms. The molecule has 1 rings (SSSR count). The molecular weight excluding hydrogens is 302 g/mol. The summed E-state index contributed by atoms with van der Waals surface area (Å²) >= 11 is 0. The molecule has 128 valence electrons. The van der Waals surface area contributed by atoms with Gasteiger partial charge in [-0.1, -0.05) is 0 Å². The van der Waals surface area contributed by atoms with Crippen LogP contribution in [0.15, 0.2) is 18.2 Å². The Bertz CT molecular complexity index is 511. The highest BCUT2D eigenvalue weighted by atomic mass is 19.1. The molecule has 0 fully saturated rings. The molecule has 0 aliphatic heterocycles. The predicted octanol–water partition coefficient (Wildman–Crippen LogP) is 2.66. The van der Waals surface area contributed by atoms with Crippen molar-refractivity contribution in [3.05, 3.63) is 35.4 Å². The second-order valence-electron chi connectivity index (χ2n) is 5.30. The van der Waals surface area contributed by atoms with Crippen molar-refractivity contribution in [3.63, 3.8) is 0 Å². The van der Waals surface area contributed by atoms with Crippen molar-refractivity contribution < 1.29 is 18.4 Å². The smallest absolute Gasteiger partial charge is 0.222 e. The number of nitrogens with zero attached hydrogens (tertiary/aromatic N) is 1. The van der Waals surface area contributed by atoms with Crippen LogP contribution in [0.5, 0.6) is 0 Å². The van der Waals surface area contributed by atoms with Crippen LogP contribution in [0.25, 0.3) is 0 Å². The van der Waals surface area contributed by atoms with E-state index in [1.54, 1.807) is 4.90 Å². The number of hydrogen-bond acceptors (Lipinski definition) is 2. The quantitative estimate of drug-likeness (QED) is 0.758. The molecule has 0 aromatic heterocycles. The van der Waals surface area contributed by atoms with Gasteiger partial charge in [-0.25, -0.2) is 8.78 Å². The van der Waals surface area contributed by atoms with Crippen molar-refractivity contribution >= 4 is 11.8 Å². The van der Waals surface area contributed by atoms with Gasteiger partial charge in [0, 0.05) is 38.5 Å². The molecule has 1 N–H and O–H groups in total. The van der Waals surface area contributed by atoms with Crippen LogP contribution in [-0.4, -0.2) is 36.3 Å². The predicted molar refractivity (Wildman–Crippen MR) is 84.9 cm³/mol. The first-order valence-electron chi connectivity index (χ1n) is 7.95. The minimum atomic E-state index is -0.624. The molecule has 1 aromatic rings. The van der Waals surface area contributed by atoms with E-state index in [0.717, 1.165) is 6.07 Å². The topological polar surface area (TPSA) is 49.4 Å². The lowest BCUT2D eigenvalue weighted by atomic mass is 10.1. The lowest BCUT2D eigenvalue weighted by molar-refractivity contribution is -0.131. The molecule has 6 heteroatoms. The maximum absolute atomic E-state index is 13.0. The summed E-state index contributed by atoms with van der Waals surface area (Å²) in [5.41, 5.74) is 0.500. The minimum absolute atomic E-state index is 0.0537. The van der Waals surface area contributed by atoms with Gasteiger partial charge in [0.2, 0.25) is 11.8 Å². The molecule has 23 heavy (non-hydrogen) atoms. The highest BCUT2D eigenvalue weighted by Gasteiger charge is 2.10. The first kappa shape index (κ1) is 19.1. The number of carbonyl (C=O) groups is 2. The molecule has 4 nitrogen and oxygen atoms in total. The summed E-state index contributed by atoms with van der Waals surface area (Å²) in [7, 11) is 0. The molecule has 0 spiro atoms. The molecule has 0 saturated heterocycles. The van der Waals surface area contributed by atoms with E-state index in [0.29, 0.717) is 44.5 Å². The highest BCUT2D eigenvalue weighted by molar-refractivity contribution is 5.78. The summed E-state index contributed by atoms with van der Waals surface area (Å²) in [6.45, 7) is 5.50. The third-order valence-electron chi connectivity index (χ3n) is 3.57. The first-order valence-corrected chi connectivity index (χ1v) is 7.95. The van der Waals surface area contributed by atoms with Crippen LogP contribution in [0, 0.1) is 11.6 Å². The van der Waals surface area contributed by atoms with E-state index >= 15 is 0 Å². The molecular formula is C17H24F2N2O2. The van der Waals surface area contributed by atoms with Gasteiger partial charge in [0.25, 0.3) is 0 Å². The summed E-state index contributed by atoms with van der Waals surface area (Å²) in [5, 5.41) is 2.69. The third kappa shape index (κ3) is 7.21. The standard InChI is InChI=1S/C17H24F2N2O2/c1-3-21(4-2)17(23)7-5-6-16(22)20-9-8-13-10-14(18)12-15(19)11-13/h10-12H,3-9H2,1-2H3,(H,20,22). The summed E-state index contributed by atoms with van der Waals surface area (Å²) < 4.78 is 26.0. The van der Waals surface area contributed by atoms with Gasteiger partial charge in [0.15, 0.2) is 0 Å². The summed E-state index contributed by atoms with van der Waals surface area (Å²) in [4.78, 5) is 25.2. The minimum Gasteiger partial charge on any atom is -0.356 e. The monoisotopic (exact) mass is 326 g/mol. The van der Waals surface area contributed by atoms with Gasteiger partial charge < -0.3 is 10.2 Å². The average Bonchev–Trinajstić information content (AvgIpc) is 2.47. The van der Waals surface area contributed by atoms with E-state index in [1.165, 1.54) is 12.1 Å².